The Bertz CT molecular complexity index is 697. The molecule has 1 aliphatic carbocycles. The SMILES string of the molecule is Cc1ccnc(-n2cnc(C3(C(=O)O)CC3CCCN)c2)c1. The number of nitrogens with two attached hydrogens (primary N) is 1. The lowest BCUT2D eigenvalue weighted by atomic mass is 9.98. The van der Waals surface area contributed by atoms with Crippen molar-refractivity contribution in [2.75, 3.05) is 6.54 Å². The van der Waals surface area contributed by atoms with Gasteiger partial charge in [0.15, 0.2) is 0 Å². The summed E-state index contributed by atoms with van der Waals surface area (Å²) in [6.07, 6.45) is 7.48. The molecule has 0 aromatic carbocycles. The normalized spacial score (nSPS) is 23.5. The molecule has 0 saturated heterocycles. The zero-order chi connectivity index (χ0) is 15.7. The number of aromatic nitrogens is 3. The summed E-state index contributed by atoms with van der Waals surface area (Å²) < 4.78 is 1.78. The molecule has 0 spiro atoms. The molecule has 6 nitrogen and oxygen atoms in total. The van der Waals surface area contributed by atoms with Gasteiger partial charge in [-0.1, -0.05) is 0 Å². The van der Waals surface area contributed by atoms with Crippen LogP contribution in [0.15, 0.2) is 30.9 Å². The standard InChI is InChI=1S/C16H20N4O2/c1-11-4-6-18-14(7-11)20-9-13(19-10-20)16(15(21)22)8-12(16)3-2-5-17/h4,6-7,9-10,12H,2-3,5,8,17H2,1H3,(H,21,22). The molecule has 2 heterocycles. The predicted molar refractivity (Wildman–Crippen MR) is 81.8 cm³/mol. The summed E-state index contributed by atoms with van der Waals surface area (Å²) in [6, 6.07) is 3.86. The lowest BCUT2D eigenvalue weighted by Crippen LogP contribution is -2.23. The lowest BCUT2D eigenvalue weighted by molar-refractivity contribution is -0.140. The number of hydrogen-bond donors (Lipinski definition) is 2. The van der Waals surface area contributed by atoms with Crippen molar-refractivity contribution in [2.24, 2.45) is 11.7 Å². The van der Waals surface area contributed by atoms with Crippen molar-refractivity contribution < 1.29 is 9.90 Å². The fourth-order valence-electron chi connectivity index (χ4n) is 3.07. The van der Waals surface area contributed by atoms with Crippen molar-refractivity contribution in [3.8, 4) is 5.82 Å². The summed E-state index contributed by atoms with van der Waals surface area (Å²) >= 11 is 0. The third kappa shape index (κ3) is 2.39. The van der Waals surface area contributed by atoms with Crippen LogP contribution in [0.1, 0.15) is 30.5 Å². The van der Waals surface area contributed by atoms with E-state index in [0.717, 1.165) is 24.2 Å². The van der Waals surface area contributed by atoms with E-state index < -0.39 is 11.4 Å². The number of aryl methyl sites for hydroxylation is 1. The molecule has 0 amide bonds. The van der Waals surface area contributed by atoms with Crippen molar-refractivity contribution >= 4 is 5.97 Å². The highest BCUT2D eigenvalue weighted by Gasteiger charge is 2.62. The van der Waals surface area contributed by atoms with E-state index >= 15 is 0 Å². The Morgan fingerprint density at radius 1 is 1.55 bits per heavy atom. The first-order valence-electron chi connectivity index (χ1n) is 7.49. The van der Waals surface area contributed by atoms with Gasteiger partial charge in [0.25, 0.3) is 0 Å². The van der Waals surface area contributed by atoms with E-state index in [1.165, 1.54) is 0 Å². The van der Waals surface area contributed by atoms with E-state index in [4.69, 9.17) is 5.73 Å². The fraction of sp³-hybridized carbons (Fsp3) is 0.438. The maximum atomic E-state index is 11.8. The quantitative estimate of drug-likeness (QED) is 0.846. The van der Waals surface area contributed by atoms with Crippen LogP contribution in [0.2, 0.25) is 0 Å². The largest absolute Gasteiger partial charge is 0.481 e. The number of nitrogens with zero attached hydrogens (tertiary/aromatic N) is 3. The fourth-order valence-corrected chi connectivity index (χ4v) is 3.07. The molecule has 6 heteroatoms. The van der Waals surface area contributed by atoms with E-state index in [9.17, 15) is 9.90 Å². The number of rotatable bonds is 6. The highest BCUT2D eigenvalue weighted by Crippen LogP contribution is 2.56. The maximum absolute atomic E-state index is 11.8. The Hall–Kier alpha value is -2.21. The van der Waals surface area contributed by atoms with Crippen molar-refractivity contribution in [3.05, 3.63) is 42.1 Å². The molecule has 3 N–H and O–H groups in total. The van der Waals surface area contributed by atoms with Gasteiger partial charge in [0.2, 0.25) is 0 Å². The maximum Gasteiger partial charge on any atom is 0.316 e. The van der Waals surface area contributed by atoms with E-state index in [2.05, 4.69) is 9.97 Å². The van der Waals surface area contributed by atoms with E-state index in [-0.39, 0.29) is 5.92 Å². The van der Waals surface area contributed by atoms with Crippen LogP contribution in [0.4, 0.5) is 0 Å². The molecule has 116 valence electrons. The van der Waals surface area contributed by atoms with Gasteiger partial charge in [-0.3, -0.25) is 9.36 Å². The second kappa shape index (κ2) is 5.53. The van der Waals surface area contributed by atoms with E-state index in [0.29, 0.717) is 18.7 Å². The third-order valence-corrected chi connectivity index (χ3v) is 4.45. The van der Waals surface area contributed by atoms with Crippen LogP contribution in [0.5, 0.6) is 0 Å². The van der Waals surface area contributed by atoms with E-state index in [1.54, 1.807) is 23.3 Å². The minimum Gasteiger partial charge on any atom is -0.481 e. The Balaban J connectivity index is 1.88. The summed E-state index contributed by atoms with van der Waals surface area (Å²) in [5, 5.41) is 9.65. The molecule has 0 radical (unpaired) electrons. The number of carbonyl (C=O) groups is 1. The summed E-state index contributed by atoms with van der Waals surface area (Å²) in [5.74, 6) is 0.0813. The molecule has 2 atom stereocenters. The second-order valence-electron chi connectivity index (χ2n) is 5.97. The summed E-state index contributed by atoms with van der Waals surface area (Å²) in [7, 11) is 0. The molecule has 2 aromatic rings. The molecular weight excluding hydrogens is 280 g/mol. The monoisotopic (exact) mass is 300 g/mol. The van der Waals surface area contributed by atoms with Crippen LogP contribution in [-0.4, -0.2) is 32.2 Å². The van der Waals surface area contributed by atoms with Crippen LogP contribution in [0, 0.1) is 12.8 Å². The molecule has 22 heavy (non-hydrogen) atoms. The average Bonchev–Trinajstić information content (AvgIpc) is 3.02. The number of aliphatic carboxylic acids is 1. The first-order valence-corrected chi connectivity index (χ1v) is 7.49. The van der Waals surface area contributed by atoms with Gasteiger partial charge >= 0.3 is 5.97 Å². The van der Waals surface area contributed by atoms with Gasteiger partial charge < -0.3 is 10.8 Å². The molecule has 0 aliphatic heterocycles. The van der Waals surface area contributed by atoms with Crippen LogP contribution < -0.4 is 5.73 Å². The summed E-state index contributed by atoms with van der Waals surface area (Å²) in [5.41, 5.74) is 6.40. The Morgan fingerprint density at radius 2 is 2.36 bits per heavy atom. The lowest BCUT2D eigenvalue weighted by Gasteiger charge is -2.09. The van der Waals surface area contributed by atoms with Gasteiger partial charge in [0.1, 0.15) is 17.6 Å². The van der Waals surface area contributed by atoms with Gasteiger partial charge in [-0.25, -0.2) is 9.97 Å². The van der Waals surface area contributed by atoms with Crippen molar-refractivity contribution in [1.29, 1.82) is 0 Å². The van der Waals surface area contributed by atoms with Gasteiger partial charge in [-0.2, -0.15) is 0 Å². The van der Waals surface area contributed by atoms with E-state index in [1.807, 2.05) is 19.1 Å². The molecule has 1 fully saturated rings. The number of pyridine rings is 1. The highest BCUT2D eigenvalue weighted by atomic mass is 16.4. The third-order valence-electron chi connectivity index (χ3n) is 4.45. The second-order valence-corrected chi connectivity index (χ2v) is 5.97. The zero-order valence-electron chi connectivity index (χ0n) is 12.6. The van der Waals surface area contributed by atoms with Gasteiger partial charge in [0, 0.05) is 12.4 Å². The minimum absolute atomic E-state index is 0.127. The van der Waals surface area contributed by atoms with Crippen LogP contribution >= 0.6 is 0 Å². The Morgan fingerprint density at radius 3 is 3.05 bits per heavy atom. The summed E-state index contributed by atoms with van der Waals surface area (Å²) in [6.45, 7) is 2.58. The smallest absolute Gasteiger partial charge is 0.316 e. The van der Waals surface area contributed by atoms with Gasteiger partial charge in [0.05, 0.1) is 5.69 Å². The number of hydrogen-bond acceptors (Lipinski definition) is 4. The molecular formula is C16H20N4O2. The molecule has 1 saturated carbocycles. The van der Waals surface area contributed by atoms with Crippen molar-refractivity contribution in [2.45, 2.75) is 31.6 Å². The molecule has 0 bridgehead atoms. The Labute approximate surface area is 129 Å². The zero-order valence-corrected chi connectivity index (χ0v) is 12.6. The average molecular weight is 300 g/mol. The number of imidazole rings is 1. The van der Waals surface area contributed by atoms with Crippen molar-refractivity contribution in [1.82, 2.24) is 14.5 Å². The first kappa shape index (κ1) is 14.7. The van der Waals surface area contributed by atoms with Crippen LogP contribution in [0.25, 0.3) is 5.82 Å². The first-order chi connectivity index (χ1) is 10.6. The highest BCUT2D eigenvalue weighted by molar-refractivity contribution is 5.85. The molecule has 3 rings (SSSR count). The molecule has 1 aliphatic rings. The predicted octanol–water partition coefficient (Wildman–Crippen LogP) is 1.66. The van der Waals surface area contributed by atoms with Crippen LogP contribution in [-0.2, 0) is 10.2 Å². The number of carboxylic acid groups (broad SMARTS) is 1. The minimum atomic E-state index is -0.843. The Kier molecular flexibility index (Phi) is 3.70. The van der Waals surface area contributed by atoms with Crippen molar-refractivity contribution in [3.63, 3.8) is 0 Å². The number of carboxylic acids is 1. The summed E-state index contributed by atoms with van der Waals surface area (Å²) in [4.78, 5) is 20.4. The van der Waals surface area contributed by atoms with Gasteiger partial charge in [-0.05, 0) is 56.3 Å². The molecule has 2 aromatic heterocycles. The van der Waals surface area contributed by atoms with Crippen LogP contribution in [0.3, 0.4) is 0 Å². The van der Waals surface area contributed by atoms with Gasteiger partial charge in [-0.15, -0.1) is 0 Å². The molecule has 2 unspecified atom stereocenters. The topological polar surface area (TPSA) is 94.0 Å².